The van der Waals surface area contributed by atoms with Crippen LogP contribution < -0.4 is 0 Å². The summed E-state index contributed by atoms with van der Waals surface area (Å²) in [7, 11) is -0.550. The Morgan fingerprint density at radius 3 is 2.29 bits per heavy atom. The molecule has 0 aromatic carbocycles. The van der Waals surface area contributed by atoms with Crippen molar-refractivity contribution >= 4 is 14.5 Å². The highest BCUT2D eigenvalue weighted by Crippen LogP contribution is 2.36. The third kappa shape index (κ3) is 5.36. The molecule has 0 aliphatic rings. The molecule has 0 saturated carbocycles. The normalized spacial score (nSPS) is 14.0. The summed E-state index contributed by atoms with van der Waals surface area (Å²) in [6, 6.07) is 0. The number of ether oxygens (including phenoxy) is 2. The number of rotatable bonds is 5. The van der Waals surface area contributed by atoms with Crippen molar-refractivity contribution < 1.29 is 18.7 Å². The highest BCUT2D eigenvalue weighted by atomic mass is 28.4. The molecule has 0 spiro atoms. The van der Waals surface area contributed by atoms with Gasteiger partial charge in [0.05, 0.1) is 13.7 Å². The minimum absolute atomic E-state index is 0.129. The van der Waals surface area contributed by atoms with Crippen LogP contribution in [0.5, 0.6) is 0 Å². The van der Waals surface area contributed by atoms with E-state index in [1.54, 1.807) is 6.08 Å². The average Bonchev–Trinajstić information content (AvgIpc) is 2.22. The van der Waals surface area contributed by atoms with Gasteiger partial charge in [0.2, 0.25) is 0 Å². The van der Waals surface area contributed by atoms with Gasteiger partial charge in [-0.3, -0.25) is 0 Å². The predicted molar refractivity (Wildman–Crippen MR) is 70.6 cm³/mol. The molecule has 0 bridgehead atoms. The lowest BCUT2D eigenvalue weighted by Crippen LogP contribution is -2.43. The van der Waals surface area contributed by atoms with E-state index in [1.807, 2.05) is 0 Å². The van der Waals surface area contributed by atoms with E-state index >= 15 is 0 Å². The maximum absolute atomic E-state index is 11.0. The Balaban J connectivity index is 4.33. The van der Waals surface area contributed by atoms with Crippen LogP contribution >= 0.6 is 0 Å². The second-order valence-electron chi connectivity index (χ2n) is 5.42. The van der Waals surface area contributed by atoms with Gasteiger partial charge in [-0.2, -0.15) is 0 Å². The number of hydrogen-bond acceptors (Lipinski definition) is 4. The number of carbonyl (C=O) groups is 1. The minimum Gasteiger partial charge on any atom is -0.438 e. The van der Waals surface area contributed by atoms with Crippen LogP contribution in [0.3, 0.4) is 0 Å². The van der Waals surface area contributed by atoms with Gasteiger partial charge in [0, 0.05) is 0 Å². The Bertz CT molecular complexity index is 268. The fraction of sp³-hybridized carbons (Fsp3) is 0.750. The molecular weight excluding hydrogens is 236 g/mol. The molecule has 0 aliphatic carbocycles. The van der Waals surface area contributed by atoms with Gasteiger partial charge in [0.15, 0.2) is 8.32 Å². The lowest BCUT2D eigenvalue weighted by molar-refractivity contribution is 0.0341. The first-order chi connectivity index (χ1) is 7.64. The first-order valence-electron chi connectivity index (χ1n) is 5.65. The van der Waals surface area contributed by atoms with Gasteiger partial charge in [-0.15, -0.1) is 0 Å². The zero-order chi connectivity index (χ0) is 13.7. The molecule has 0 N–H and O–H groups in total. The predicted octanol–water partition coefficient (Wildman–Crippen LogP) is 3.35. The topological polar surface area (TPSA) is 44.8 Å². The molecule has 0 aromatic heterocycles. The number of methoxy groups -OCH3 is 1. The summed E-state index contributed by atoms with van der Waals surface area (Å²) < 4.78 is 15.3. The van der Waals surface area contributed by atoms with Crippen molar-refractivity contribution in [1.82, 2.24) is 0 Å². The molecule has 0 radical (unpaired) electrons. The number of hydrogen-bond donors (Lipinski definition) is 0. The third-order valence-electron chi connectivity index (χ3n) is 3.09. The van der Waals surface area contributed by atoms with Gasteiger partial charge in [0.25, 0.3) is 0 Å². The Hall–Kier alpha value is -0.813. The number of carbonyl (C=O) groups excluding carboxylic acids is 1. The van der Waals surface area contributed by atoms with Crippen LogP contribution in [0.2, 0.25) is 18.1 Å². The summed E-state index contributed by atoms with van der Waals surface area (Å²) in [6.07, 6.45) is 0.370. The fourth-order valence-corrected chi connectivity index (χ4v) is 1.84. The highest BCUT2D eigenvalue weighted by molar-refractivity contribution is 6.74. The van der Waals surface area contributed by atoms with E-state index in [9.17, 15) is 4.79 Å². The van der Waals surface area contributed by atoms with Crippen molar-refractivity contribution in [2.24, 2.45) is 0 Å². The molecule has 0 amide bonds. The summed E-state index contributed by atoms with van der Waals surface area (Å²) in [5.41, 5.74) is 0. The highest BCUT2D eigenvalue weighted by Gasteiger charge is 2.37. The van der Waals surface area contributed by atoms with Gasteiger partial charge in [-0.1, -0.05) is 27.4 Å². The zero-order valence-electron chi connectivity index (χ0n) is 11.7. The van der Waals surface area contributed by atoms with Crippen LogP contribution in [0.4, 0.5) is 4.79 Å². The molecule has 0 heterocycles. The van der Waals surface area contributed by atoms with Gasteiger partial charge in [-0.25, -0.2) is 4.79 Å². The Labute approximate surface area is 105 Å². The maximum Gasteiger partial charge on any atom is 0.508 e. The quantitative estimate of drug-likeness (QED) is 0.432. The summed E-state index contributed by atoms with van der Waals surface area (Å²) in [4.78, 5) is 11.0. The second kappa shape index (κ2) is 6.21. The molecule has 1 atom stereocenters. The standard InChI is InChI=1S/C12H24O4Si/c1-8-10(16-11(13)14-5)9-15-17(6,7)12(2,3)4/h8,10H,1,9H2,2-7H3/t10-/m0/s1. The monoisotopic (exact) mass is 260 g/mol. The van der Waals surface area contributed by atoms with Crippen LogP contribution in [0.25, 0.3) is 0 Å². The average molecular weight is 260 g/mol. The van der Waals surface area contributed by atoms with E-state index in [0.717, 1.165) is 0 Å². The van der Waals surface area contributed by atoms with Crippen molar-refractivity contribution in [3.63, 3.8) is 0 Å². The maximum atomic E-state index is 11.0. The SMILES string of the molecule is C=C[C@@H](CO[Si](C)(C)C(C)(C)C)OC(=O)OC. The van der Waals surface area contributed by atoms with E-state index < -0.39 is 20.6 Å². The van der Waals surface area contributed by atoms with E-state index in [0.29, 0.717) is 6.61 Å². The summed E-state index contributed by atoms with van der Waals surface area (Å²) in [5.74, 6) is 0. The zero-order valence-corrected chi connectivity index (χ0v) is 12.7. The van der Waals surface area contributed by atoms with Crippen molar-refractivity contribution in [2.45, 2.75) is 45.0 Å². The molecule has 0 fully saturated rings. The molecule has 0 unspecified atom stereocenters. The van der Waals surface area contributed by atoms with Crippen molar-refractivity contribution in [3.05, 3.63) is 12.7 Å². The molecule has 0 aliphatic heterocycles. The molecule has 17 heavy (non-hydrogen) atoms. The summed E-state index contributed by atoms with van der Waals surface area (Å²) in [5, 5.41) is 0.129. The lowest BCUT2D eigenvalue weighted by atomic mass is 10.2. The molecule has 100 valence electrons. The first-order valence-corrected chi connectivity index (χ1v) is 8.56. The Morgan fingerprint density at radius 2 is 1.94 bits per heavy atom. The van der Waals surface area contributed by atoms with Crippen LogP contribution in [0.1, 0.15) is 20.8 Å². The van der Waals surface area contributed by atoms with Crippen molar-refractivity contribution in [3.8, 4) is 0 Å². The van der Waals surface area contributed by atoms with Crippen LogP contribution in [-0.2, 0) is 13.9 Å². The van der Waals surface area contributed by atoms with E-state index in [2.05, 4.69) is 45.2 Å². The summed E-state index contributed by atoms with van der Waals surface area (Å²) >= 11 is 0. The third-order valence-corrected chi connectivity index (χ3v) is 7.59. The van der Waals surface area contributed by atoms with Gasteiger partial charge in [0.1, 0.15) is 6.10 Å². The van der Waals surface area contributed by atoms with Gasteiger partial charge >= 0.3 is 6.16 Å². The molecule has 0 aromatic rings. The van der Waals surface area contributed by atoms with Crippen LogP contribution in [-0.4, -0.2) is 34.3 Å². The smallest absolute Gasteiger partial charge is 0.438 e. The van der Waals surface area contributed by atoms with Crippen molar-refractivity contribution in [2.75, 3.05) is 13.7 Å². The fourth-order valence-electron chi connectivity index (χ4n) is 0.829. The second-order valence-corrected chi connectivity index (χ2v) is 10.2. The van der Waals surface area contributed by atoms with Crippen LogP contribution in [0.15, 0.2) is 12.7 Å². The molecular formula is C12H24O4Si. The van der Waals surface area contributed by atoms with E-state index in [-0.39, 0.29) is 5.04 Å². The van der Waals surface area contributed by atoms with Crippen LogP contribution in [0, 0.1) is 0 Å². The molecule has 0 saturated heterocycles. The largest absolute Gasteiger partial charge is 0.508 e. The van der Waals surface area contributed by atoms with E-state index in [4.69, 9.17) is 9.16 Å². The van der Waals surface area contributed by atoms with Gasteiger partial charge < -0.3 is 13.9 Å². The molecule has 5 heteroatoms. The van der Waals surface area contributed by atoms with Gasteiger partial charge in [-0.05, 0) is 24.2 Å². The van der Waals surface area contributed by atoms with Crippen molar-refractivity contribution in [1.29, 1.82) is 0 Å². The Morgan fingerprint density at radius 1 is 1.41 bits per heavy atom. The Kier molecular flexibility index (Phi) is 5.91. The molecule has 0 rings (SSSR count). The molecule has 4 nitrogen and oxygen atoms in total. The first kappa shape index (κ1) is 16.2. The lowest BCUT2D eigenvalue weighted by Gasteiger charge is -2.36. The minimum atomic E-state index is -1.83. The summed E-state index contributed by atoms with van der Waals surface area (Å²) in [6.45, 7) is 14.7. The van der Waals surface area contributed by atoms with E-state index in [1.165, 1.54) is 7.11 Å².